The number of hydrogen-bond donors (Lipinski definition) is 0. The molecule has 0 saturated carbocycles. The highest BCUT2D eigenvalue weighted by molar-refractivity contribution is 6.43. The van der Waals surface area contributed by atoms with Crippen LogP contribution in [0.25, 0.3) is 0 Å². The standard InChI is InChI=1S/C17H9Cl2NO3/c18-12-8-11(17(23)10-4-2-1-3-5-10)9-13(19)16(12)20-14(21)6-7-15(20)22/h1-9H. The summed E-state index contributed by atoms with van der Waals surface area (Å²) in [5, 5.41) is 0.115. The van der Waals surface area contributed by atoms with Gasteiger partial charge in [-0.3, -0.25) is 14.4 Å². The number of nitrogens with zero attached hydrogens (tertiary/aromatic N) is 1. The van der Waals surface area contributed by atoms with Crippen LogP contribution in [0, 0.1) is 0 Å². The molecule has 6 heteroatoms. The average Bonchev–Trinajstić information content (AvgIpc) is 2.86. The number of carbonyl (C=O) groups excluding carboxylic acids is 3. The Kier molecular flexibility index (Phi) is 4.03. The molecule has 0 N–H and O–H groups in total. The van der Waals surface area contributed by atoms with E-state index in [1.54, 1.807) is 30.3 Å². The Morgan fingerprint density at radius 3 is 1.87 bits per heavy atom. The Hall–Kier alpha value is -2.43. The van der Waals surface area contributed by atoms with Gasteiger partial charge in [-0.15, -0.1) is 0 Å². The fourth-order valence-corrected chi connectivity index (χ4v) is 2.94. The maximum atomic E-state index is 12.4. The second kappa shape index (κ2) is 5.99. The summed E-state index contributed by atoms with van der Waals surface area (Å²) in [6, 6.07) is 11.5. The fourth-order valence-electron chi connectivity index (χ4n) is 2.29. The third-order valence-corrected chi connectivity index (χ3v) is 3.92. The van der Waals surface area contributed by atoms with Crippen molar-refractivity contribution in [2.24, 2.45) is 0 Å². The predicted molar refractivity (Wildman–Crippen MR) is 88.0 cm³/mol. The molecule has 0 fully saturated rings. The largest absolute Gasteiger partial charge is 0.289 e. The monoisotopic (exact) mass is 345 g/mol. The van der Waals surface area contributed by atoms with E-state index in [1.165, 1.54) is 12.1 Å². The summed E-state index contributed by atoms with van der Waals surface area (Å²) in [6.07, 6.45) is 2.27. The Labute approximate surface area is 141 Å². The van der Waals surface area contributed by atoms with Crippen molar-refractivity contribution in [2.75, 3.05) is 4.90 Å². The van der Waals surface area contributed by atoms with Crippen LogP contribution >= 0.6 is 23.2 Å². The lowest BCUT2D eigenvalue weighted by molar-refractivity contribution is -0.119. The van der Waals surface area contributed by atoms with Crippen LogP contribution in [0.1, 0.15) is 15.9 Å². The van der Waals surface area contributed by atoms with Crippen LogP contribution in [0.3, 0.4) is 0 Å². The average molecular weight is 346 g/mol. The molecule has 1 heterocycles. The Balaban J connectivity index is 2.03. The van der Waals surface area contributed by atoms with Crippen LogP contribution in [0.15, 0.2) is 54.6 Å². The molecule has 0 bridgehead atoms. The van der Waals surface area contributed by atoms with Crippen LogP contribution < -0.4 is 4.90 Å². The summed E-state index contributed by atoms with van der Waals surface area (Å²) in [5.74, 6) is -1.31. The molecule has 23 heavy (non-hydrogen) atoms. The van der Waals surface area contributed by atoms with Crippen molar-refractivity contribution >= 4 is 46.5 Å². The Bertz CT molecular complexity index is 818. The van der Waals surface area contributed by atoms with Gasteiger partial charge in [0.1, 0.15) is 0 Å². The zero-order chi connectivity index (χ0) is 16.6. The van der Waals surface area contributed by atoms with E-state index in [-0.39, 0.29) is 27.1 Å². The smallest absolute Gasteiger partial charge is 0.258 e. The highest BCUT2D eigenvalue weighted by Gasteiger charge is 2.29. The molecule has 1 aliphatic rings. The van der Waals surface area contributed by atoms with E-state index in [2.05, 4.69) is 0 Å². The van der Waals surface area contributed by atoms with E-state index in [0.29, 0.717) is 5.56 Å². The minimum absolute atomic E-state index is 0.0576. The fraction of sp³-hybridized carbons (Fsp3) is 0. The number of rotatable bonds is 3. The van der Waals surface area contributed by atoms with E-state index >= 15 is 0 Å². The molecule has 0 spiro atoms. The number of imide groups is 1. The van der Waals surface area contributed by atoms with Crippen molar-refractivity contribution in [1.29, 1.82) is 0 Å². The summed E-state index contributed by atoms with van der Waals surface area (Å²) in [6.45, 7) is 0. The van der Waals surface area contributed by atoms with Crippen LogP contribution in [0.2, 0.25) is 10.0 Å². The van der Waals surface area contributed by atoms with Crippen molar-refractivity contribution in [3.8, 4) is 0 Å². The van der Waals surface area contributed by atoms with Crippen molar-refractivity contribution < 1.29 is 14.4 Å². The second-order valence-electron chi connectivity index (χ2n) is 4.83. The van der Waals surface area contributed by atoms with Gasteiger partial charge in [-0.05, 0) is 12.1 Å². The zero-order valence-electron chi connectivity index (χ0n) is 11.6. The van der Waals surface area contributed by atoms with Crippen molar-refractivity contribution in [1.82, 2.24) is 0 Å². The number of benzene rings is 2. The van der Waals surface area contributed by atoms with Crippen molar-refractivity contribution in [3.63, 3.8) is 0 Å². The normalized spacial score (nSPS) is 13.7. The molecule has 0 aromatic heterocycles. The van der Waals surface area contributed by atoms with Gasteiger partial charge < -0.3 is 0 Å². The van der Waals surface area contributed by atoms with Crippen molar-refractivity contribution in [2.45, 2.75) is 0 Å². The minimum Gasteiger partial charge on any atom is -0.289 e. The first-order valence-electron chi connectivity index (χ1n) is 6.64. The maximum absolute atomic E-state index is 12.4. The number of halogens is 2. The van der Waals surface area contributed by atoms with Gasteiger partial charge in [-0.2, -0.15) is 0 Å². The van der Waals surface area contributed by atoms with Crippen LogP contribution in [0.4, 0.5) is 5.69 Å². The molecule has 2 amide bonds. The summed E-state index contributed by atoms with van der Waals surface area (Å²) in [7, 11) is 0. The lowest BCUT2D eigenvalue weighted by atomic mass is 10.0. The third kappa shape index (κ3) is 2.79. The quantitative estimate of drug-likeness (QED) is 0.630. The molecule has 114 valence electrons. The first kappa shape index (κ1) is 15.5. The highest BCUT2D eigenvalue weighted by atomic mass is 35.5. The molecule has 2 aromatic carbocycles. The third-order valence-electron chi connectivity index (χ3n) is 3.35. The molecule has 3 rings (SSSR count). The minimum atomic E-state index is -0.527. The predicted octanol–water partition coefficient (Wildman–Crippen LogP) is 3.65. The molecule has 0 atom stereocenters. The number of amides is 2. The van der Waals surface area contributed by atoms with E-state index in [9.17, 15) is 14.4 Å². The molecular weight excluding hydrogens is 337 g/mol. The number of ketones is 1. The van der Waals surface area contributed by atoms with Gasteiger partial charge in [0.25, 0.3) is 11.8 Å². The number of carbonyl (C=O) groups is 3. The summed E-state index contributed by atoms with van der Waals surface area (Å²) in [4.78, 5) is 36.8. The van der Waals surface area contributed by atoms with Crippen LogP contribution in [-0.2, 0) is 9.59 Å². The van der Waals surface area contributed by atoms with Gasteiger partial charge in [0.15, 0.2) is 5.78 Å². The molecule has 1 aliphatic heterocycles. The SMILES string of the molecule is O=C(c1ccccc1)c1cc(Cl)c(N2C(=O)C=CC2=O)c(Cl)c1. The molecule has 0 saturated heterocycles. The molecule has 0 unspecified atom stereocenters. The molecular formula is C17H9Cl2NO3. The van der Waals surface area contributed by atoms with Gasteiger partial charge >= 0.3 is 0 Å². The van der Waals surface area contributed by atoms with Crippen molar-refractivity contribution in [3.05, 3.63) is 75.8 Å². The molecule has 0 radical (unpaired) electrons. The molecule has 2 aromatic rings. The van der Waals surface area contributed by atoms with Gasteiger partial charge in [0, 0.05) is 23.3 Å². The lowest BCUT2D eigenvalue weighted by Crippen LogP contribution is -2.30. The summed E-state index contributed by atoms with van der Waals surface area (Å²) >= 11 is 12.3. The van der Waals surface area contributed by atoms with E-state index in [4.69, 9.17) is 23.2 Å². The Morgan fingerprint density at radius 1 is 0.826 bits per heavy atom. The lowest BCUT2D eigenvalue weighted by Gasteiger charge is -2.18. The van der Waals surface area contributed by atoms with Crippen LogP contribution in [-0.4, -0.2) is 17.6 Å². The summed E-state index contributed by atoms with van der Waals surface area (Å²) < 4.78 is 0. The second-order valence-corrected chi connectivity index (χ2v) is 5.64. The zero-order valence-corrected chi connectivity index (χ0v) is 13.1. The molecule has 0 aliphatic carbocycles. The van der Waals surface area contributed by atoms with Gasteiger partial charge in [0.05, 0.1) is 15.7 Å². The first-order chi connectivity index (χ1) is 11.0. The highest BCUT2D eigenvalue weighted by Crippen LogP contribution is 2.37. The maximum Gasteiger partial charge on any atom is 0.258 e. The number of hydrogen-bond acceptors (Lipinski definition) is 3. The van der Waals surface area contributed by atoms with E-state index in [1.807, 2.05) is 0 Å². The number of anilines is 1. The summed E-state index contributed by atoms with van der Waals surface area (Å²) in [5.41, 5.74) is 0.849. The van der Waals surface area contributed by atoms with Gasteiger partial charge in [0.2, 0.25) is 0 Å². The Morgan fingerprint density at radius 2 is 1.35 bits per heavy atom. The first-order valence-corrected chi connectivity index (χ1v) is 7.39. The van der Waals surface area contributed by atoms with Crippen LogP contribution in [0.5, 0.6) is 0 Å². The topological polar surface area (TPSA) is 54.5 Å². The molecule has 4 nitrogen and oxygen atoms in total. The van der Waals surface area contributed by atoms with Gasteiger partial charge in [-0.25, -0.2) is 4.90 Å². The van der Waals surface area contributed by atoms with E-state index in [0.717, 1.165) is 17.1 Å². The van der Waals surface area contributed by atoms with E-state index < -0.39 is 11.8 Å². The van der Waals surface area contributed by atoms with Gasteiger partial charge in [-0.1, -0.05) is 53.5 Å².